The Balaban J connectivity index is 3.10. The molecule has 0 amide bonds. The topological polar surface area (TPSA) is 53.4 Å². The molecule has 1 heterocycles. The largest absolute Gasteiger partial charge is 0.478 e. The quantitative estimate of drug-likeness (QED) is 0.837. The number of hydrogen-bond donors (Lipinski definition) is 1. The summed E-state index contributed by atoms with van der Waals surface area (Å²) in [5, 5.41) is 9.40. The number of halogens is 1. The van der Waals surface area contributed by atoms with Gasteiger partial charge >= 0.3 is 5.97 Å². The van der Waals surface area contributed by atoms with Gasteiger partial charge in [0, 0.05) is 18.8 Å². The van der Waals surface area contributed by atoms with Gasteiger partial charge in [0.05, 0.1) is 0 Å². The highest BCUT2D eigenvalue weighted by Crippen LogP contribution is 2.22. The molecule has 0 aliphatic heterocycles. The molecule has 1 unspecified atom stereocenters. The van der Waals surface area contributed by atoms with Crippen LogP contribution in [0.4, 0.5) is 5.82 Å². The van der Waals surface area contributed by atoms with E-state index in [1.807, 2.05) is 25.1 Å². The van der Waals surface area contributed by atoms with E-state index in [9.17, 15) is 4.79 Å². The summed E-state index contributed by atoms with van der Waals surface area (Å²) in [6.45, 7) is 2.02. The summed E-state index contributed by atoms with van der Waals surface area (Å²) in [6.07, 6.45) is 2.01. The van der Waals surface area contributed by atoms with Crippen molar-refractivity contribution in [3.63, 3.8) is 0 Å². The lowest BCUT2D eigenvalue weighted by Crippen LogP contribution is -2.32. The van der Waals surface area contributed by atoms with Gasteiger partial charge < -0.3 is 10.0 Å². The molecule has 0 spiro atoms. The third-order valence-corrected chi connectivity index (χ3v) is 3.50. The summed E-state index contributed by atoms with van der Waals surface area (Å²) in [5.74, 6) is 0.308. The summed E-state index contributed by atoms with van der Waals surface area (Å²) < 4.78 is 0. The van der Waals surface area contributed by atoms with Gasteiger partial charge in [-0.3, -0.25) is 0 Å². The van der Waals surface area contributed by atoms with Gasteiger partial charge in [0.2, 0.25) is 0 Å². The maximum atomic E-state index is 11.1. The van der Waals surface area contributed by atoms with E-state index in [0.29, 0.717) is 11.0 Å². The minimum Gasteiger partial charge on any atom is -0.478 e. The Kier molecular flexibility index (Phi) is 5.08. The van der Waals surface area contributed by atoms with Gasteiger partial charge in [-0.1, -0.05) is 11.6 Å². The summed E-state index contributed by atoms with van der Waals surface area (Å²) in [6, 6.07) is 3.16. The zero-order valence-electron chi connectivity index (χ0n) is 9.98. The zero-order valence-corrected chi connectivity index (χ0v) is 11.5. The maximum Gasteiger partial charge on any atom is 0.339 e. The molecule has 0 aliphatic carbocycles. The van der Waals surface area contributed by atoms with E-state index < -0.39 is 5.97 Å². The van der Waals surface area contributed by atoms with Crippen molar-refractivity contribution in [3.05, 3.63) is 22.8 Å². The molecule has 0 radical (unpaired) electrons. The number of aromatic carboxylic acids is 1. The molecule has 1 aromatic heterocycles. The highest BCUT2D eigenvalue weighted by Gasteiger charge is 2.19. The first-order valence-electron chi connectivity index (χ1n) is 5.09. The highest BCUT2D eigenvalue weighted by molar-refractivity contribution is 7.98. The molecule has 17 heavy (non-hydrogen) atoms. The molecule has 6 heteroatoms. The van der Waals surface area contributed by atoms with Crippen LogP contribution in [-0.2, 0) is 0 Å². The van der Waals surface area contributed by atoms with Gasteiger partial charge in [-0.25, -0.2) is 9.78 Å². The van der Waals surface area contributed by atoms with Crippen LogP contribution in [0.1, 0.15) is 17.3 Å². The summed E-state index contributed by atoms with van der Waals surface area (Å²) in [7, 11) is 1.83. The predicted molar refractivity (Wildman–Crippen MR) is 72.5 cm³/mol. The summed E-state index contributed by atoms with van der Waals surface area (Å²) in [5.41, 5.74) is 0.171. The van der Waals surface area contributed by atoms with Crippen molar-refractivity contribution in [2.45, 2.75) is 13.0 Å². The third-order valence-electron chi connectivity index (χ3n) is 2.47. The van der Waals surface area contributed by atoms with Crippen LogP contribution in [0.3, 0.4) is 0 Å². The highest BCUT2D eigenvalue weighted by atomic mass is 35.5. The fourth-order valence-corrected chi connectivity index (χ4v) is 2.27. The average molecular weight is 275 g/mol. The maximum absolute atomic E-state index is 11.1. The van der Waals surface area contributed by atoms with Crippen LogP contribution in [0.25, 0.3) is 0 Å². The lowest BCUT2D eigenvalue weighted by Gasteiger charge is -2.26. The SMILES string of the molecule is CSCC(C)N(C)c1nc(Cl)ccc1C(=O)O. The molecule has 0 aromatic carbocycles. The van der Waals surface area contributed by atoms with Gasteiger partial charge in [-0.15, -0.1) is 0 Å². The fourth-order valence-electron chi connectivity index (χ4n) is 1.42. The molecule has 94 valence electrons. The molecular weight excluding hydrogens is 260 g/mol. The van der Waals surface area contributed by atoms with Crippen molar-refractivity contribution < 1.29 is 9.90 Å². The molecule has 0 fully saturated rings. The molecule has 1 N–H and O–H groups in total. The second-order valence-corrected chi connectivity index (χ2v) is 5.02. The standard InChI is InChI=1S/C11H15ClN2O2S/c1-7(6-17-3)14(2)10-8(11(15)16)4-5-9(12)13-10/h4-5,7H,6H2,1-3H3,(H,15,16). The van der Waals surface area contributed by atoms with Gasteiger partial charge in [-0.05, 0) is 25.3 Å². The number of rotatable bonds is 5. The minimum atomic E-state index is -0.993. The zero-order chi connectivity index (χ0) is 13.0. The van der Waals surface area contributed by atoms with Crippen molar-refractivity contribution in [1.29, 1.82) is 0 Å². The number of nitrogens with zero attached hydrogens (tertiary/aromatic N) is 2. The molecule has 0 aliphatic rings. The van der Waals surface area contributed by atoms with Crippen molar-refractivity contribution in [2.24, 2.45) is 0 Å². The van der Waals surface area contributed by atoms with Crippen LogP contribution in [0.2, 0.25) is 5.15 Å². The molecule has 0 saturated heterocycles. The molecule has 0 saturated carbocycles. The van der Waals surface area contributed by atoms with Crippen molar-refractivity contribution in [3.8, 4) is 0 Å². The molecule has 0 bridgehead atoms. The first kappa shape index (κ1) is 14.1. The average Bonchev–Trinajstić information content (AvgIpc) is 2.27. The van der Waals surface area contributed by atoms with E-state index in [0.717, 1.165) is 5.75 Å². The van der Waals surface area contributed by atoms with Crippen LogP contribution in [0.15, 0.2) is 12.1 Å². The summed E-state index contributed by atoms with van der Waals surface area (Å²) >= 11 is 7.51. The van der Waals surface area contributed by atoms with Crippen molar-refractivity contribution in [2.75, 3.05) is 24.0 Å². The monoisotopic (exact) mass is 274 g/mol. The smallest absolute Gasteiger partial charge is 0.339 e. The number of hydrogen-bond acceptors (Lipinski definition) is 4. The Labute approximate surface area is 110 Å². The minimum absolute atomic E-state index is 0.171. The van der Waals surface area contributed by atoms with E-state index in [4.69, 9.17) is 16.7 Å². The molecule has 1 atom stereocenters. The van der Waals surface area contributed by atoms with Crippen LogP contribution >= 0.6 is 23.4 Å². The molecule has 1 rings (SSSR count). The lowest BCUT2D eigenvalue weighted by atomic mass is 10.2. The Hall–Kier alpha value is -0.940. The van der Waals surface area contributed by atoms with E-state index in [1.165, 1.54) is 12.1 Å². The van der Waals surface area contributed by atoms with Crippen LogP contribution in [0, 0.1) is 0 Å². The number of carboxylic acids is 1. The van der Waals surface area contributed by atoms with E-state index in [-0.39, 0.29) is 11.6 Å². The van der Waals surface area contributed by atoms with E-state index >= 15 is 0 Å². The number of thioether (sulfide) groups is 1. The predicted octanol–water partition coefficient (Wildman–Crippen LogP) is 2.62. The molecule has 4 nitrogen and oxygen atoms in total. The Morgan fingerprint density at radius 2 is 2.29 bits per heavy atom. The Bertz CT molecular complexity index is 414. The Morgan fingerprint density at radius 1 is 1.65 bits per heavy atom. The van der Waals surface area contributed by atoms with E-state index in [1.54, 1.807) is 11.8 Å². The van der Waals surface area contributed by atoms with E-state index in [2.05, 4.69) is 4.98 Å². The first-order valence-corrected chi connectivity index (χ1v) is 6.86. The molecular formula is C11H15ClN2O2S. The summed E-state index contributed by atoms with van der Waals surface area (Å²) in [4.78, 5) is 17.0. The Morgan fingerprint density at radius 3 is 2.82 bits per heavy atom. The van der Waals surface area contributed by atoms with Crippen LogP contribution in [-0.4, -0.2) is 41.2 Å². The first-order chi connectivity index (χ1) is 7.97. The third kappa shape index (κ3) is 3.51. The normalized spacial score (nSPS) is 12.2. The fraction of sp³-hybridized carbons (Fsp3) is 0.455. The molecule has 1 aromatic rings. The number of aromatic nitrogens is 1. The number of anilines is 1. The van der Waals surface area contributed by atoms with Gasteiger partial charge in [0.1, 0.15) is 16.5 Å². The number of pyridine rings is 1. The second-order valence-electron chi connectivity index (χ2n) is 3.73. The van der Waals surface area contributed by atoms with Crippen molar-refractivity contribution >= 4 is 35.1 Å². The lowest BCUT2D eigenvalue weighted by molar-refractivity contribution is 0.0697. The van der Waals surface area contributed by atoms with Crippen LogP contribution in [0.5, 0.6) is 0 Å². The van der Waals surface area contributed by atoms with Gasteiger partial charge in [0.25, 0.3) is 0 Å². The van der Waals surface area contributed by atoms with Crippen molar-refractivity contribution in [1.82, 2.24) is 4.98 Å². The van der Waals surface area contributed by atoms with Crippen LogP contribution < -0.4 is 4.90 Å². The number of carbonyl (C=O) groups is 1. The number of carboxylic acid groups (broad SMARTS) is 1. The van der Waals surface area contributed by atoms with Gasteiger partial charge in [-0.2, -0.15) is 11.8 Å². The second kappa shape index (κ2) is 6.12. The van der Waals surface area contributed by atoms with Gasteiger partial charge in [0.15, 0.2) is 0 Å².